The number of benzene rings is 1. The molecule has 0 radical (unpaired) electrons. The molecule has 0 spiro atoms. The molecule has 0 aromatic heterocycles. The molecule has 0 bridgehead atoms. The van der Waals surface area contributed by atoms with E-state index in [1.54, 1.807) is 19.1 Å². The Morgan fingerprint density at radius 3 is 3.00 bits per heavy atom. The lowest BCUT2D eigenvalue weighted by molar-refractivity contribution is -0.120. The van der Waals surface area contributed by atoms with Gasteiger partial charge in [0.2, 0.25) is 5.91 Å². The maximum absolute atomic E-state index is 13.4. The fourth-order valence-electron chi connectivity index (χ4n) is 2.35. The number of rotatable bonds is 2. The predicted octanol–water partition coefficient (Wildman–Crippen LogP) is 2.46. The summed E-state index contributed by atoms with van der Waals surface area (Å²) in [7, 11) is 0. The van der Waals surface area contributed by atoms with Crippen molar-refractivity contribution in [2.45, 2.75) is 32.7 Å². The second-order valence-corrected chi connectivity index (χ2v) is 4.98. The van der Waals surface area contributed by atoms with Crippen LogP contribution in [0.3, 0.4) is 0 Å². The molecular formula is C14H19FN2O. The highest BCUT2D eigenvalue weighted by Gasteiger charge is 2.25. The average Bonchev–Trinajstić information content (AvgIpc) is 2.35. The highest BCUT2D eigenvalue weighted by molar-refractivity contribution is 5.93. The molecule has 2 N–H and O–H groups in total. The molecule has 2 atom stereocenters. The van der Waals surface area contributed by atoms with E-state index in [1.807, 2.05) is 0 Å². The second kappa shape index (κ2) is 5.48. The van der Waals surface area contributed by atoms with E-state index in [0.29, 0.717) is 17.3 Å². The van der Waals surface area contributed by atoms with Crippen LogP contribution in [0.1, 0.15) is 25.3 Å². The number of halogens is 1. The molecule has 1 heterocycles. The van der Waals surface area contributed by atoms with Gasteiger partial charge in [-0.3, -0.25) is 4.79 Å². The smallest absolute Gasteiger partial charge is 0.227 e. The minimum Gasteiger partial charge on any atom is -0.326 e. The first-order chi connectivity index (χ1) is 8.58. The maximum atomic E-state index is 13.4. The first-order valence-electron chi connectivity index (χ1n) is 6.37. The third-order valence-corrected chi connectivity index (χ3v) is 3.52. The Kier molecular flexibility index (Phi) is 3.97. The van der Waals surface area contributed by atoms with Gasteiger partial charge in [0.05, 0.1) is 0 Å². The van der Waals surface area contributed by atoms with Crippen LogP contribution in [0.2, 0.25) is 0 Å². The average molecular weight is 250 g/mol. The summed E-state index contributed by atoms with van der Waals surface area (Å²) in [6.07, 6.45) is 1.67. The topological polar surface area (TPSA) is 41.1 Å². The van der Waals surface area contributed by atoms with Gasteiger partial charge in [-0.1, -0.05) is 6.07 Å². The normalized spacial score (nSPS) is 23.7. The molecule has 1 fully saturated rings. The van der Waals surface area contributed by atoms with Gasteiger partial charge < -0.3 is 10.6 Å². The summed E-state index contributed by atoms with van der Waals surface area (Å²) < 4.78 is 13.4. The lowest BCUT2D eigenvalue weighted by atomic mass is 9.92. The Morgan fingerprint density at radius 1 is 1.50 bits per heavy atom. The number of carbonyl (C=O) groups excluding carboxylic acids is 1. The van der Waals surface area contributed by atoms with Gasteiger partial charge in [-0.2, -0.15) is 0 Å². The van der Waals surface area contributed by atoms with Crippen molar-refractivity contribution in [2.75, 3.05) is 11.9 Å². The Labute approximate surface area is 107 Å². The summed E-state index contributed by atoms with van der Waals surface area (Å²) in [5.74, 6) is -0.271. The molecule has 3 nitrogen and oxygen atoms in total. The fourth-order valence-corrected chi connectivity index (χ4v) is 2.35. The second-order valence-electron chi connectivity index (χ2n) is 4.98. The molecule has 98 valence electrons. The summed E-state index contributed by atoms with van der Waals surface area (Å²) in [6.45, 7) is 4.62. The van der Waals surface area contributed by atoms with Crippen LogP contribution in [0.25, 0.3) is 0 Å². The van der Waals surface area contributed by atoms with Crippen LogP contribution in [0.15, 0.2) is 18.2 Å². The van der Waals surface area contributed by atoms with E-state index in [1.165, 1.54) is 6.07 Å². The van der Waals surface area contributed by atoms with E-state index in [0.717, 1.165) is 19.4 Å². The van der Waals surface area contributed by atoms with Crippen molar-refractivity contribution < 1.29 is 9.18 Å². The van der Waals surface area contributed by atoms with Crippen molar-refractivity contribution in [1.82, 2.24) is 5.32 Å². The van der Waals surface area contributed by atoms with Gasteiger partial charge in [0, 0.05) is 23.2 Å². The van der Waals surface area contributed by atoms with Gasteiger partial charge in [0.1, 0.15) is 5.82 Å². The molecule has 1 aromatic rings. The molecular weight excluding hydrogens is 231 g/mol. The molecule has 1 aromatic carbocycles. The van der Waals surface area contributed by atoms with Crippen LogP contribution in [0.5, 0.6) is 0 Å². The Hall–Kier alpha value is -1.42. The molecule has 1 aliphatic heterocycles. The Bertz CT molecular complexity index is 447. The van der Waals surface area contributed by atoms with Gasteiger partial charge in [-0.05, 0) is 45.4 Å². The quantitative estimate of drug-likeness (QED) is 0.846. The zero-order valence-electron chi connectivity index (χ0n) is 10.8. The summed E-state index contributed by atoms with van der Waals surface area (Å²) in [5.41, 5.74) is 1.07. The van der Waals surface area contributed by atoms with E-state index in [4.69, 9.17) is 0 Å². The molecule has 2 unspecified atom stereocenters. The van der Waals surface area contributed by atoms with Gasteiger partial charge in [-0.25, -0.2) is 4.39 Å². The predicted molar refractivity (Wildman–Crippen MR) is 70.0 cm³/mol. The third kappa shape index (κ3) is 2.88. The van der Waals surface area contributed by atoms with Crippen LogP contribution in [-0.4, -0.2) is 18.5 Å². The van der Waals surface area contributed by atoms with E-state index >= 15 is 0 Å². The minimum absolute atomic E-state index is 0.00273. The van der Waals surface area contributed by atoms with Crippen molar-refractivity contribution in [3.63, 3.8) is 0 Å². The molecule has 4 heteroatoms. The summed E-state index contributed by atoms with van der Waals surface area (Å²) >= 11 is 0. The number of carbonyl (C=O) groups is 1. The van der Waals surface area contributed by atoms with Crippen LogP contribution in [0.4, 0.5) is 10.1 Å². The largest absolute Gasteiger partial charge is 0.326 e. The molecule has 1 amide bonds. The van der Waals surface area contributed by atoms with Crippen molar-refractivity contribution in [3.8, 4) is 0 Å². The molecule has 0 aliphatic carbocycles. The number of piperidine rings is 1. The van der Waals surface area contributed by atoms with Crippen LogP contribution in [-0.2, 0) is 4.79 Å². The van der Waals surface area contributed by atoms with Gasteiger partial charge >= 0.3 is 0 Å². The van der Waals surface area contributed by atoms with Gasteiger partial charge in [-0.15, -0.1) is 0 Å². The molecule has 0 saturated carbocycles. The SMILES string of the molecule is Cc1c(F)cccc1NC(=O)C1CCNC(C)C1. The molecule has 18 heavy (non-hydrogen) atoms. The summed E-state index contributed by atoms with van der Waals surface area (Å²) in [6, 6.07) is 5.12. The molecule has 2 rings (SSSR count). The number of nitrogens with one attached hydrogen (secondary N) is 2. The van der Waals surface area contributed by atoms with Crippen LogP contribution in [0, 0.1) is 18.7 Å². The Morgan fingerprint density at radius 2 is 2.28 bits per heavy atom. The van der Waals surface area contributed by atoms with Crippen molar-refractivity contribution >= 4 is 11.6 Å². The first-order valence-corrected chi connectivity index (χ1v) is 6.37. The number of amides is 1. The Balaban J connectivity index is 2.04. The summed E-state index contributed by atoms with van der Waals surface area (Å²) in [5, 5.41) is 6.15. The van der Waals surface area contributed by atoms with Crippen molar-refractivity contribution in [3.05, 3.63) is 29.6 Å². The van der Waals surface area contributed by atoms with Crippen LogP contribution < -0.4 is 10.6 Å². The zero-order chi connectivity index (χ0) is 13.1. The third-order valence-electron chi connectivity index (χ3n) is 3.52. The van der Waals surface area contributed by atoms with Gasteiger partial charge in [0.25, 0.3) is 0 Å². The number of hydrogen-bond donors (Lipinski definition) is 2. The van der Waals surface area contributed by atoms with Crippen molar-refractivity contribution in [2.24, 2.45) is 5.92 Å². The first kappa shape index (κ1) is 13.0. The van der Waals surface area contributed by atoms with E-state index in [9.17, 15) is 9.18 Å². The number of anilines is 1. The maximum Gasteiger partial charge on any atom is 0.227 e. The zero-order valence-corrected chi connectivity index (χ0v) is 10.8. The minimum atomic E-state index is -0.286. The molecule has 1 saturated heterocycles. The van der Waals surface area contributed by atoms with Crippen molar-refractivity contribution in [1.29, 1.82) is 0 Å². The monoisotopic (exact) mass is 250 g/mol. The van der Waals surface area contributed by atoms with E-state index in [-0.39, 0.29) is 17.6 Å². The number of hydrogen-bond acceptors (Lipinski definition) is 2. The van der Waals surface area contributed by atoms with Gasteiger partial charge in [0.15, 0.2) is 0 Å². The lowest BCUT2D eigenvalue weighted by Crippen LogP contribution is -2.40. The highest BCUT2D eigenvalue weighted by atomic mass is 19.1. The van der Waals surface area contributed by atoms with E-state index in [2.05, 4.69) is 17.6 Å². The fraction of sp³-hybridized carbons (Fsp3) is 0.500. The lowest BCUT2D eigenvalue weighted by Gasteiger charge is -2.27. The highest BCUT2D eigenvalue weighted by Crippen LogP contribution is 2.21. The standard InChI is InChI=1S/C14H19FN2O/c1-9-8-11(6-7-16-9)14(18)17-13-5-3-4-12(15)10(13)2/h3-5,9,11,16H,6-8H2,1-2H3,(H,17,18). The molecule has 1 aliphatic rings. The van der Waals surface area contributed by atoms with E-state index < -0.39 is 0 Å². The van der Waals surface area contributed by atoms with Crippen LogP contribution >= 0.6 is 0 Å². The summed E-state index contributed by atoms with van der Waals surface area (Å²) in [4.78, 5) is 12.1.